The number of para-hydroxylation sites is 1. The number of benzene rings is 1. The summed E-state index contributed by atoms with van der Waals surface area (Å²) >= 11 is 0. The standard InChI is InChI=1S/C17H19N5O/c1-23-17-13(9-12-5-2-3-6-14(12)21-17)10-18-15-7-4-8-22-16(15)19-11-20-22/h2-3,5-6,9,11,15,18H,4,7-8,10H2,1H3. The van der Waals surface area contributed by atoms with E-state index in [9.17, 15) is 0 Å². The van der Waals surface area contributed by atoms with Gasteiger partial charge >= 0.3 is 0 Å². The van der Waals surface area contributed by atoms with Gasteiger partial charge in [0.15, 0.2) is 0 Å². The third-order valence-electron chi connectivity index (χ3n) is 4.32. The van der Waals surface area contributed by atoms with E-state index in [2.05, 4.69) is 32.5 Å². The highest BCUT2D eigenvalue weighted by Gasteiger charge is 2.22. The zero-order chi connectivity index (χ0) is 15.6. The summed E-state index contributed by atoms with van der Waals surface area (Å²) in [7, 11) is 1.66. The highest BCUT2D eigenvalue weighted by atomic mass is 16.5. The largest absolute Gasteiger partial charge is 0.481 e. The Kier molecular flexibility index (Phi) is 3.67. The van der Waals surface area contributed by atoms with Crippen molar-refractivity contribution in [2.24, 2.45) is 0 Å². The average Bonchev–Trinajstić information content (AvgIpc) is 3.08. The van der Waals surface area contributed by atoms with Crippen LogP contribution in [0.5, 0.6) is 5.88 Å². The molecule has 0 saturated carbocycles. The Morgan fingerprint density at radius 1 is 1.35 bits per heavy atom. The lowest BCUT2D eigenvalue weighted by molar-refractivity contribution is 0.358. The molecule has 1 atom stereocenters. The minimum Gasteiger partial charge on any atom is -0.481 e. The molecule has 6 heteroatoms. The maximum Gasteiger partial charge on any atom is 0.218 e. The monoisotopic (exact) mass is 309 g/mol. The highest BCUT2D eigenvalue weighted by Crippen LogP contribution is 2.25. The molecule has 0 fully saturated rings. The van der Waals surface area contributed by atoms with E-state index < -0.39 is 0 Å². The number of hydrogen-bond donors (Lipinski definition) is 1. The van der Waals surface area contributed by atoms with Crippen LogP contribution in [0.15, 0.2) is 36.7 Å². The van der Waals surface area contributed by atoms with E-state index in [1.54, 1.807) is 13.4 Å². The van der Waals surface area contributed by atoms with Crippen LogP contribution in [0.2, 0.25) is 0 Å². The Bertz CT molecular complexity index is 829. The van der Waals surface area contributed by atoms with Gasteiger partial charge in [-0.15, -0.1) is 0 Å². The minimum absolute atomic E-state index is 0.224. The van der Waals surface area contributed by atoms with E-state index in [0.29, 0.717) is 12.4 Å². The fourth-order valence-electron chi connectivity index (χ4n) is 3.16. The Balaban J connectivity index is 1.59. The van der Waals surface area contributed by atoms with Gasteiger partial charge in [-0.25, -0.2) is 14.6 Å². The molecule has 6 nitrogen and oxygen atoms in total. The number of hydrogen-bond acceptors (Lipinski definition) is 5. The van der Waals surface area contributed by atoms with Gasteiger partial charge in [-0.05, 0) is 25.0 Å². The normalized spacial score (nSPS) is 17.2. The number of nitrogens with one attached hydrogen (secondary N) is 1. The third kappa shape index (κ3) is 2.66. The quantitative estimate of drug-likeness (QED) is 0.802. The number of pyridine rings is 1. The van der Waals surface area contributed by atoms with E-state index in [0.717, 1.165) is 41.7 Å². The van der Waals surface area contributed by atoms with Gasteiger partial charge in [-0.3, -0.25) is 0 Å². The van der Waals surface area contributed by atoms with Crippen molar-refractivity contribution in [3.05, 3.63) is 48.0 Å². The van der Waals surface area contributed by atoms with Gasteiger partial charge in [0.1, 0.15) is 12.2 Å². The molecule has 0 spiro atoms. The Morgan fingerprint density at radius 3 is 3.17 bits per heavy atom. The van der Waals surface area contributed by atoms with E-state index in [1.807, 2.05) is 22.9 Å². The number of ether oxygens (including phenoxy) is 1. The number of fused-ring (bicyclic) bond motifs is 2. The third-order valence-corrected chi connectivity index (χ3v) is 4.32. The second-order valence-electron chi connectivity index (χ2n) is 5.77. The fraction of sp³-hybridized carbons (Fsp3) is 0.353. The summed E-state index contributed by atoms with van der Waals surface area (Å²) in [6, 6.07) is 10.4. The van der Waals surface area contributed by atoms with Crippen LogP contribution in [0.3, 0.4) is 0 Å². The molecule has 0 amide bonds. The van der Waals surface area contributed by atoms with Gasteiger partial charge in [-0.2, -0.15) is 5.10 Å². The smallest absolute Gasteiger partial charge is 0.218 e. The molecule has 118 valence electrons. The van der Waals surface area contributed by atoms with Crippen molar-refractivity contribution in [3.8, 4) is 5.88 Å². The van der Waals surface area contributed by atoms with Gasteiger partial charge in [0.05, 0.1) is 18.7 Å². The van der Waals surface area contributed by atoms with Crippen LogP contribution < -0.4 is 10.1 Å². The van der Waals surface area contributed by atoms with Crippen molar-refractivity contribution < 1.29 is 4.74 Å². The van der Waals surface area contributed by atoms with Crippen LogP contribution in [0.25, 0.3) is 10.9 Å². The number of aryl methyl sites for hydroxylation is 1. The van der Waals surface area contributed by atoms with Gasteiger partial charge in [0.25, 0.3) is 0 Å². The zero-order valence-corrected chi connectivity index (χ0v) is 13.1. The molecule has 0 radical (unpaired) electrons. The number of aromatic nitrogens is 4. The SMILES string of the molecule is COc1nc2ccccc2cc1CNC1CCCn2ncnc21. The second kappa shape index (κ2) is 5.96. The molecule has 1 unspecified atom stereocenters. The Labute approximate surface area is 134 Å². The molecule has 4 rings (SSSR count). The average molecular weight is 309 g/mol. The molecule has 1 aliphatic heterocycles. The van der Waals surface area contributed by atoms with Crippen molar-refractivity contribution in [1.29, 1.82) is 0 Å². The molecule has 0 aliphatic carbocycles. The van der Waals surface area contributed by atoms with E-state index in [1.165, 1.54) is 0 Å². The molecular weight excluding hydrogens is 290 g/mol. The lowest BCUT2D eigenvalue weighted by Gasteiger charge is -2.23. The molecule has 0 saturated heterocycles. The van der Waals surface area contributed by atoms with Gasteiger partial charge in [0.2, 0.25) is 5.88 Å². The van der Waals surface area contributed by atoms with Gasteiger partial charge in [-0.1, -0.05) is 18.2 Å². The predicted octanol–water partition coefficient (Wildman–Crippen LogP) is 2.46. The number of methoxy groups -OCH3 is 1. The van der Waals surface area contributed by atoms with Crippen molar-refractivity contribution in [3.63, 3.8) is 0 Å². The van der Waals surface area contributed by atoms with Crippen LogP contribution in [-0.2, 0) is 13.1 Å². The molecule has 1 N–H and O–H groups in total. The summed E-state index contributed by atoms with van der Waals surface area (Å²) in [4.78, 5) is 8.98. The first-order valence-corrected chi connectivity index (χ1v) is 7.89. The number of rotatable bonds is 4. The summed E-state index contributed by atoms with van der Waals surface area (Å²) < 4.78 is 7.45. The summed E-state index contributed by atoms with van der Waals surface area (Å²) in [5, 5.41) is 8.96. The summed E-state index contributed by atoms with van der Waals surface area (Å²) in [6.07, 6.45) is 3.82. The van der Waals surface area contributed by atoms with Crippen LogP contribution in [0.1, 0.15) is 30.3 Å². The van der Waals surface area contributed by atoms with Crippen molar-refractivity contribution >= 4 is 10.9 Å². The fourth-order valence-corrected chi connectivity index (χ4v) is 3.16. The molecule has 3 aromatic rings. The van der Waals surface area contributed by atoms with Crippen LogP contribution in [0.4, 0.5) is 0 Å². The van der Waals surface area contributed by atoms with E-state index >= 15 is 0 Å². The lowest BCUT2D eigenvalue weighted by Crippen LogP contribution is -2.28. The topological polar surface area (TPSA) is 64.9 Å². The van der Waals surface area contributed by atoms with Crippen LogP contribution in [-0.4, -0.2) is 26.9 Å². The maximum atomic E-state index is 5.46. The summed E-state index contributed by atoms with van der Waals surface area (Å²) in [5.41, 5.74) is 2.01. The van der Waals surface area contributed by atoms with Crippen LogP contribution in [0, 0.1) is 0 Å². The van der Waals surface area contributed by atoms with Crippen LogP contribution >= 0.6 is 0 Å². The lowest BCUT2D eigenvalue weighted by atomic mass is 10.1. The molecule has 23 heavy (non-hydrogen) atoms. The molecule has 0 bridgehead atoms. The predicted molar refractivity (Wildman–Crippen MR) is 87.1 cm³/mol. The first kappa shape index (κ1) is 14.1. The first-order valence-electron chi connectivity index (χ1n) is 7.89. The van der Waals surface area contributed by atoms with Crippen molar-refractivity contribution in [1.82, 2.24) is 25.1 Å². The molecule has 1 aliphatic rings. The maximum absolute atomic E-state index is 5.46. The molecular formula is C17H19N5O. The van der Waals surface area contributed by atoms with Crippen molar-refractivity contribution in [2.75, 3.05) is 7.11 Å². The highest BCUT2D eigenvalue weighted by molar-refractivity contribution is 5.80. The van der Waals surface area contributed by atoms with Gasteiger partial charge in [0, 0.05) is 24.0 Å². The van der Waals surface area contributed by atoms with Gasteiger partial charge < -0.3 is 10.1 Å². The minimum atomic E-state index is 0.224. The van der Waals surface area contributed by atoms with Crippen molar-refractivity contribution in [2.45, 2.75) is 32.0 Å². The second-order valence-corrected chi connectivity index (χ2v) is 5.77. The molecule has 2 aromatic heterocycles. The summed E-state index contributed by atoms with van der Waals surface area (Å²) in [5.74, 6) is 1.69. The Hall–Kier alpha value is -2.47. The van der Waals surface area contributed by atoms with E-state index in [4.69, 9.17) is 4.74 Å². The number of nitrogens with zero attached hydrogens (tertiary/aromatic N) is 4. The molecule has 1 aromatic carbocycles. The first-order chi connectivity index (χ1) is 11.3. The zero-order valence-electron chi connectivity index (χ0n) is 13.1. The Morgan fingerprint density at radius 2 is 2.26 bits per heavy atom. The van der Waals surface area contributed by atoms with E-state index in [-0.39, 0.29) is 6.04 Å². The molecule has 3 heterocycles. The summed E-state index contributed by atoms with van der Waals surface area (Å²) in [6.45, 7) is 1.65.